The zero-order valence-corrected chi connectivity index (χ0v) is 24.7. The molecule has 0 radical (unpaired) electrons. The summed E-state index contributed by atoms with van der Waals surface area (Å²) < 4.78 is 23.5. The smallest absolute Gasteiger partial charge is 0.332 e. The molecule has 4 aromatic rings. The number of aryl methyl sites for hydroxylation is 1. The van der Waals surface area contributed by atoms with Crippen molar-refractivity contribution in [2.24, 2.45) is 7.05 Å². The number of pyridine rings is 1. The number of imidazole rings is 1. The normalized spacial score (nSPS) is 14.8. The molecular formula is C31H35ClFN5O3. The van der Waals surface area contributed by atoms with Crippen LogP contribution in [-0.4, -0.2) is 63.0 Å². The summed E-state index contributed by atoms with van der Waals surface area (Å²) in [6.45, 7) is 10.1. The number of phenolic OH excluding ortho intramolecular Hbond substituents is 1. The zero-order valence-electron chi connectivity index (χ0n) is 24.0. The fourth-order valence-corrected chi connectivity index (χ4v) is 5.63. The highest BCUT2D eigenvalue weighted by Crippen LogP contribution is 2.42. The van der Waals surface area contributed by atoms with Gasteiger partial charge in [-0.05, 0) is 63.1 Å². The molecule has 1 N–H and O–H groups in total. The maximum Gasteiger partial charge on any atom is 0.332 e. The fourth-order valence-electron chi connectivity index (χ4n) is 5.36. The van der Waals surface area contributed by atoms with Crippen LogP contribution in [0.15, 0.2) is 59.8 Å². The van der Waals surface area contributed by atoms with Crippen molar-refractivity contribution in [3.8, 4) is 39.6 Å². The lowest BCUT2D eigenvalue weighted by atomic mass is 9.97. The van der Waals surface area contributed by atoms with E-state index in [9.17, 15) is 9.90 Å². The highest BCUT2D eigenvalue weighted by molar-refractivity contribution is 6.32. The summed E-state index contributed by atoms with van der Waals surface area (Å²) in [6.07, 6.45) is 5.82. The van der Waals surface area contributed by atoms with Crippen molar-refractivity contribution in [1.82, 2.24) is 19.0 Å². The van der Waals surface area contributed by atoms with Gasteiger partial charge in [0.25, 0.3) is 0 Å². The monoisotopic (exact) mass is 579 g/mol. The Hall–Kier alpha value is -3.82. The van der Waals surface area contributed by atoms with Gasteiger partial charge in [0.05, 0.1) is 17.8 Å². The lowest BCUT2D eigenvalue weighted by molar-refractivity contribution is 0.148. The van der Waals surface area contributed by atoms with E-state index < -0.39 is 5.82 Å². The number of phenols is 1. The van der Waals surface area contributed by atoms with Crippen LogP contribution in [-0.2, 0) is 7.05 Å². The van der Waals surface area contributed by atoms with Gasteiger partial charge in [-0.3, -0.25) is 9.47 Å². The van der Waals surface area contributed by atoms with Crippen LogP contribution in [0.5, 0.6) is 11.6 Å². The van der Waals surface area contributed by atoms with Crippen molar-refractivity contribution >= 4 is 17.3 Å². The van der Waals surface area contributed by atoms with Crippen LogP contribution in [0.3, 0.4) is 0 Å². The second-order valence-corrected chi connectivity index (χ2v) is 11.7. The highest BCUT2D eigenvalue weighted by Gasteiger charge is 2.26. The molecule has 8 nitrogen and oxygen atoms in total. The third kappa shape index (κ3) is 5.69. The topological polar surface area (TPSA) is 75.8 Å². The third-order valence-electron chi connectivity index (χ3n) is 7.66. The van der Waals surface area contributed by atoms with E-state index in [0.717, 1.165) is 38.3 Å². The Morgan fingerprint density at radius 3 is 2.34 bits per heavy atom. The van der Waals surface area contributed by atoms with Gasteiger partial charge in [0.15, 0.2) is 0 Å². The molecule has 0 atom stereocenters. The summed E-state index contributed by atoms with van der Waals surface area (Å²) in [5, 5.41) is 11.7. The van der Waals surface area contributed by atoms with Crippen LogP contribution < -0.4 is 15.3 Å². The first-order chi connectivity index (χ1) is 19.5. The van der Waals surface area contributed by atoms with Gasteiger partial charge < -0.3 is 19.3 Å². The van der Waals surface area contributed by atoms with Crippen LogP contribution in [0.4, 0.5) is 10.1 Å². The van der Waals surface area contributed by atoms with Gasteiger partial charge in [0.1, 0.15) is 17.3 Å². The lowest BCUT2D eigenvalue weighted by Crippen LogP contribution is -2.43. The Morgan fingerprint density at radius 1 is 0.976 bits per heavy atom. The minimum Gasteiger partial charge on any atom is -0.507 e. The molecule has 1 aliphatic heterocycles. The standard InChI is InChI=1S/C31H35ClFN5O3/c1-31(2,3)37-10-6-9-36(12-13-37)27-16-21(19-34-29(27)41-5)24-18-22(33)17-23(28(24)39)20-7-8-26(25(32)15-20)38-14-11-35(4)30(38)40/h7-8,11,14-19,39H,6,9-10,12-13H2,1-5H3. The van der Waals surface area contributed by atoms with Crippen LogP contribution in [0.2, 0.25) is 5.02 Å². The SMILES string of the molecule is COc1ncc(-c2cc(F)cc(-c3ccc(-n4ccn(C)c4=O)c(Cl)c3)c2O)cc1N1CCCN(C(C)(C)C)CC1. The van der Waals surface area contributed by atoms with E-state index in [2.05, 4.69) is 35.6 Å². The molecule has 1 saturated heterocycles. The molecule has 2 aromatic heterocycles. The van der Waals surface area contributed by atoms with Gasteiger partial charge in [-0.1, -0.05) is 17.7 Å². The van der Waals surface area contributed by atoms with Crippen LogP contribution in [0.25, 0.3) is 27.9 Å². The molecule has 216 valence electrons. The molecule has 0 spiro atoms. The summed E-state index contributed by atoms with van der Waals surface area (Å²) in [6, 6.07) is 9.46. The number of methoxy groups -OCH3 is 1. The highest BCUT2D eigenvalue weighted by atomic mass is 35.5. The lowest BCUT2D eigenvalue weighted by Gasteiger charge is -2.34. The van der Waals surface area contributed by atoms with E-state index in [0.29, 0.717) is 33.3 Å². The molecule has 0 bridgehead atoms. The molecule has 0 amide bonds. The van der Waals surface area contributed by atoms with Gasteiger partial charge in [-0.2, -0.15) is 0 Å². The number of halogens is 2. The van der Waals surface area contributed by atoms with E-state index in [4.69, 9.17) is 16.3 Å². The van der Waals surface area contributed by atoms with Gasteiger partial charge in [0, 0.05) is 74.0 Å². The molecule has 1 aliphatic rings. The molecule has 0 aliphatic carbocycles. The Balaban J connectivity index is 1.52. The third-order valence-corrected chi connectivity index (χ3v) is 7.96. The average Bonchev–Trinajstić information content (AvgIpc) is 3.12. The van der Waals surface area contributed by atoms with Gasteiger partial charge in [-0.25, -0.2) is 14.2 Å². The number of benzene rings is 2. The summed E-state index contributed by atoms with van der Waals surface area (Å²) in [5.41, 5.74) is 2.78. The first-order valence-corrected chi connectivity index (χ1v) is 14.0. The predicted molar refractivity (Wildman–Crippen MR) is 161 cm³/mol. The van der Waals surface area contributed by atoms with E-state index >= 15 is 4.39 Å². The van der Waals surface area contributed by atoms with Gasteiger partial charge in [0.2, 0.25) is 5.88 Å². The molecule has 3 heterocycles. The molecular weight excluding hydrogens is 545 g/mol. The number of hydrogen-bond acceptors (Lipinski definition) is 6. The maximum atomic E-state index is 15.0. The van der Waals surface area contributed by atoms with Crippen LogP contribution >= 0.6 is 11.6 Å². The van der Waals surface area contributed by atoms with E-state index in [-0.39, 0.29) is 22.5 Å². The van der Waals surface area contributed by atoms with E-state index in [1.54, 1.807) is 50.9 Å². The summed E-state index contributed by atoms with van der Waals surface area (Å²) in [4.78, 5) is 21.6. The fraction of sp³-hybridized carbons (Fsp3) is 0.355. The van der Waals surface area contributed by atoms with Crippen molar-refractivity contribution < 1.29 is 14.2 Å². The summed E-state index contributed by atoms with van der Waals surface area (Å²) >= 11 is 6.56. The van der Waals surface area contributed by atoms with Gasteiger partial charge in [-0.15, -0.1) is 0 Å². The number of anilines is 1. The molecule has 2 aromatic carbocycles. The number of aromatic nitrogens is 3. The Bertz CT molecular complexity index is 1640. The number of hydrogen-bond donors (Lipinski definition) is 1. The van der Waals surface area contributed by atoms with E-state index in [1.165, 1.54) is 21.3 Å². The maximum absolute atomic E-state index is 15.0. The number of rotatable bonds is 5. The molecule has 5 rings (SSSR count). The largest absolute Gasteiger partial charge is 0.507 e. The number of ether oxygens (including phenoxy) is 1. The van der Waals surface area contributed by atoms with Crippen molar-refractivity contribution in [2.45, 2.75) is 32.7 Å². The Kier molecular flexibility index (Phi) is 7.85. The first kappa shape index (κ1) is 28.7. The summed E-state index contributed by atoms with van der Waals surface area (Å²) in [5.74, 6) is -0.132. The predicted octanol–water partition coefficient (Wildman–Crippen LogP) is 5.72. The van der Waals surface area contributed by atoms with Crippen molar-refractivity contribution in [1.29, 1.82) is 0 Å². The first-order valence-electron chi connectivity index (χ1n) is 13.6. The molecule has 0 unspecified atom stereocenters. The quantitative estimate of drug-likeness (QED) is 0.326. The second-order valence-electron chi connectivity index (χ2n) is 11.3. The second kappa shape index (κ2) is 11.2. The molecule has 0 saturated carbocycles. The van der Waals surface area contributed by atoms with Crippen LogP contribution in [0.1, 0.15) is 27.2 Å². The minimum absolute atomic E-state index is 0.0715. The molecule has 10 heteroatoms. The van der Waals surface area contributed by atoms with Gasteiger partial charge >= 0.3 is 5.69 Å². The number of aromatic hydroxyl groups is 1. The van der Waals surface area contributed by atoms with Crippen LogP contribution in [0, 0.1) is 5.82 Å². The Labute approximate surface area is 244 Å². The molecule has 41 heavy (non-hydrogen) atoms. The summed E-state index contributed by atoms with van der Waals surface area (Å²) in [7, 11) is 3.24. The average molecular weight is 580 g/mol. The van der Waals surface area contributed by atoms with Crippen molar-refractivity contribution in [2.75, 3.05) is 38.2 Å². The Morgan fingerprint density at radius 2 is 1.71 bits per heavy atom. The van der Waals surface area contributed by atoms with Crippen molar-refractivity contribution in [3.05, 3.63) is 76.3 Å². The number of nitrogens with zero attached hydrogens (tertiary/aromatic N) is 5. The van der Waals surface area contributed by atoms with E-state index in [1.807, 2.05) is 6.07 Å². The molecule has 1 fully saturated rings. The minimum atomic E-state index is -0.514. The zero-order chi connectivity index (χ0) is 29.5. The van der Waals surface area contributed by atoms with Crippen molar-refractivity contribution in [3.63, 3.8) is 0 Å².